The number of rotatable bonds is 6. The third-order valence-electron chi connectivity index (χ3n) is 4.71. The van der Waals surface area contributed by atoms with Crippen molar-refractivity contribution in [1.82, 2.24) is 0 Å². The van der Waals surface area contributed by atoms with Crippen molar-refractivity contribution in [1.29, 1.82) is 0 Å². The van der Waals surface area contributed by atoms with Crippen molar-refractivity contribution >= 4 is 23.9 Å². The third kappa shape index (κ3) is 3.94. The van der Waals surface area contributed by atoms with Crippen LogP contribution in [0.5, 0.6) is 11.5 Å². The number of cyclic esters (lactones) is 2. The summed E-state index contributed by atoms with van der Waals surface area (Å²) in [5, 5.41) is 0. The zero-order valence-electron chi connectivity index (χ0n) is 16.7. The highest BCUT2D eigenvalue weighted by Gasteiger charge is 2.35. The number of esters is 4. The molecule has 0 fully saturated rings. The second kappa shape index (κ2) is 8.10. The first kappa shape index (κ1) is 20.4. The van der Waals surface area contributed by atoms with Gasteiger partial charge in [0, 0.05) is 12.8 Å². The Labute approximate surface area is 176 Å². The summed E-state index contributed by atoms with van der Waals surface area (Å²) in [6, 6.07) is 9.23. The highest BCUT2D eigenvalue weighted by atomic mass is 16.7. The van der Waals surface area contributed by atoms with E-state index in [0.717, 1.165) is 0 Å². The van der Waals surface area contributed by atoms with Crippen molar-refractivity contribution in [3.8, 4) is 11.5 Å². The van der Waals surface area contributed by atoms with Crippen molar-refractivity contribution in [3.63, 3.8) is 0 Å². The standard InChI is InChI=1S/C22H18O9/c1-3-17(23)28-21-15-9-11(5-7-13(15)19(25)30-21)27-12-6-8-14-16(10-12)22(31-20(14)26)29-18(24)4-2/h5-10,21-22H,3-4H2,1-2H3. The van der Waals surface area contributed by atoms with Gasteiger partial charge in [0.2, 0.25) is 0 Å². The molecule has 4 rings (SSSR count). The summed E-state index contributed by atoms with van der Waals surface area (Å²) in [6.07, 6.45) is -2.00. The van der Waals surface area contributed by atoms with Gasteiger partial charge in [-0.1, -0.05) is 13.8 Å². The fraction of sp³-hybridized carbons (Fsp3) is 0.273. The average Bonchev–Trinajstić information content (AvgIpc) is 3.23. The maximum Gasteiger partial charge on any atom is 0.342 e. The highest BCUT2D eigenvalue weighted by Crippen LogP contribution is 2.38. The molecule has 0 aromatic heterocycles. The number of carbonyl (C=O) groups is 4. The summed E-state index contributed by atoms with van der Waals surface area (Å²) >= 11 is 0. The van der Waals surface area contributed by atoms with Gasteiger partial charge in [-0.15, -0.1) is 0 Å². The minimum atomic E-state index is -1.14. The van der Waals surface area contributed by atoms with Crippen LogP contribution in [0.15, 0.2) is 36.4 Å². The lowest BCUT2D eigenvalue weighted by Crippen LogP contribution is -2.10. The SMILES string of the molecule is CCC(=O)OC1OC(=O)c2ccc(Oc3ccc4c(c3)C(OC(=O)CC)OC4=O)cc21. The molecule has 0 N–H and O–H groups in total. The monoisotopic (exact) mass is 426 g/mol. The lowest BCUT2D eigenvalue weighted by atomic mass is 10.1. The van der Waals surface area contributed by atoms with Crippen molar-refractivity contribution < 1.29 is 42.9 Å². The fourth-order valence-corrected chi connectivity index (χ4v) is 3.14. The summed E-state index contributed by atoms with van der Waals surface area (Å²) < 4.78 is 26.4. The summed E-state index contributed by atoms with van der Waals surface area (Å²) in [7, 11) is 0. The molecule has 2 unspecified atom stereocenters. The summed E-state index contributed by atoms with van der Waals surface area (Å²) in [6.45, 7) is 3.26. The number of carbonyl (C=O) groups excluding carboxylic acids is 4. The van der Waals surface area contributed by atoms with Gasteiger partial charge in [0.05, 0.1) is 22.3 Å². The molecule has 2 heterocycles. The Morgan fingerprint density at radius 1 is 0.774 bits per heavy atom. The van der Waals surface area contributed by atoms with Crippen LogP contribution in [0.4, 0.5) is 0 Å². The molecule has 0 saturated heterocycles. The van der Waals surface area contributed by atoms with E-state index in [4.69, 9.17) is 23.7 Å². The first-order valence-corrected chi connectivity index (χ1v) is 9.66. The van der Waals surface area contributed by atoms with E-state index < -0.39 is 36.5 Å². The molecule has 2 aromatic rings. The number of hydrogen-bond donors (Lipinski definition) is 0. The first-order valence-electron chi connectivity index (χ1n) is 9.66. The normalized spacial score (nSPS) is 18.5. The van der Waals surface area contributed by atoms with Gasteiger partial charge in [-0.05, 0) is 36.4 Å². The van der Waals surface area contributed by atoms with Crippen molar-refractivity contribution in [2.45, 2.75) is 39.3 Å². The van der Waals surface area contributed by atoms with Crippen LogP contribution in [0.3, 0.4) is 0 Å². The van der Waals surface area contributed by atoms with Gasteiger partial charge in [0.15, 0.2) is 0 Å². The summed E-state index contributed by atoms with van der Waals surface area (Å²) in [4.78, 5) is 47.2. The van der Waals surface area contributed by atoms with E-state index in [1.54, 1.807) is 26.0 Å². The van der Waals surface area contributed by atoms with E-state index in [2.05, 4.69) is 0 Å². The molecule has 2 aliphatic heterocycles. The summed E-state index contributed by atoms with van der Waals surface area (Å²) in [5.74, 6) is -1.50. The largest absolute Gasteiger partial charge is 0.457 e. The van der Waals surface area contributed by atoms with E-state index in [9.17, 15) is 19.2 Å². The van der Waals surface area contributed by atoms with Crippen LogP contribution in [-0.4, -0.2) is 23.9 Å². The van der Waals surface area contributed by atoms with Crippen LogP contribution in [0.1, 0.15) is 71.1 Å². The maximum atomic E-state index is 12.0. The minimum Gasteiger partial charge on any atom is -0.457 e. The molecular formula is C22H18O9. The number of fused-ring (bicyclic) bond motifs is 2. The number of benzene rings is 2. The predicted molar refractivity (Wildman–Crippen MR) is 102 cm³/mol. The molecule has 2 aliphatic rings. The van der Waals surface area contributed by atoms with Gasteiger partial charge in [-0.3, -0.25) is 9.59 Å². The van der Waals surface area contributed by atoms with Crippen LogP contribution in [0, 0.1) is 0 Å². The van der Waals surface area contributed by atoms with Gasteiger partial charge in [0.1, 0.15) is 11.5 Å². The van der Waals surface area contributed by atoms with Crippen molar-refractivity contribution in [2.24, 2.45) is 0 Å². The molecule has 2 aromatic carbocycles. The van der Waals surface area contributed by atoms with E-state index in [0.29, 0.717) is 22.6 Å². The van der Waals surface area contributed by atoms with E-state index in [1.165, 1.54) is 24.3 Å². The van der Waals surface area contributed by atoms with Crippen molar-refractivity contribution in [3.05, 3.63) is 58.7 Å². The second-order valence-electron chi connectivity index (χ2n) is 6.76. The molecule has 0 amide bonds. The lowest BCUT2D eigenvalue weighted by molar-refractivity contribution is -0.168. The second-order valence-corrected chi connectivity index (χ2v) is 6.76. The zero-order chi connectivity index (χ0) is 22.1. The zero-order valence-corrected chi connectivity index (χ0v) is 16.7. The Balaban J connectivity index is 1.58. The third-order valence-corrected chi connectivity index (χ3v) is 4.71. The Bertz CT molecular complexity index is 1000. The van der Waals surface area contributed by atoms with E-state index in [-0.39, 0.29) is 24.0 Å². The van der Waals surface area contributed by atoms with Crippen LogP contribution in [-0.2, 0) is 28.5 Å². The smallest absolute Gasteiger partial charge is 0.342 e. The van der Waals surface area contributed by atoms with Gasteiger partial charge in [0.25, 0.3) is 12.6 Å². The molecule has 0 radical (unpaired) electrons. The Hall–Kier alpha value is -3.88. The molecule has 160 valence electrons. The molecule has 0 aliphatic carbocycles. The molecule has 0 spiro atoms. The highest BCUT2D eigenvalue weighted by molar-refractivity contribution is 5.95. The number of hydrogen-bond acceptors (Lipinski definition) is 9. The van der Waals surface area contributed by atoms with E-state index in [1.807, 2.05) is 0 Å². The van der Waals surface area contributed by atoms with Crippen LogP contribution >= 0.6 is 0 Å². The Morgan fingerprint density at radius 2 is 1.19 bits per heavy atom. The Kier molecular flexibility index (Phi) is 5.33. The molecule has 0 bridgehead atoms. The molecule has 0 saturated carbocycles. The average molecular weight is 426 g/mol. The minimum absolute atomic E-state index is 0.138. The van der Waals surface area contributed by atoms with Crippen LogP contribution < -0.4 is 4.74 Å². The molecule has 9 heteroatoms. The molecular weight excluding hydrogens is 408 g/mol. The quantitative estimate of drug-likeness (QED) is 0.637. The number of ether oxygens (including phenoxy) is 5. The van der Waals surface area contributed by atoms with Gasteiger partial charge in [-0.2, -0.15) is 0 Å². The first-order chi connectivity index (χ1) is 14.9. The molecule has 9 nitrogen and oxygen atoms in total. The molecule has 31 heavy (non-hydrogen) atoms. The van der Waals surface area contributed by atoms with Crippen LogP contribution in [0.2, 0.25) is 0 Å². The van der Waals surface area contributed by atoms with E-state index >= 15 is 0 Å². The fourth-order valence-electron chi connectivity index (χ4n) is 3.14. The maximum absolute atomic E-state index is 12.0. The van der Waals surface area contributed by atoms with Gasteiger partial charge >= 0.3 is 23.9 Å². The predicted octanol–water partition coefficient (Wildman–Crippen LogP) is 3.72. The van der Waals surface area contributed by atoms with Crippen molar-refractivity contribution in [2.75, 3.05) is 0 Å². The van der Waals surface area contributed by atoms with Crippen LogP contribution in [0.25, 0.3) is 0 Å². The van der Waals surface area contributed by atoms with Gasteiger partial charge < -0.3 is 23.7 Å². The van der Waals surface area contributed by atoms with Gasteiger partial charge in [-0.25, -0.2) is 9.59 Å². The molecule has 2 atom stereocenters. The summed E-state index contributed by atoms with van der Waals surface area (Å²) in [5.41, 5.74) is 1.30. The topological polar surface area (TPSA) is 114 Å². The Morgan fingerprint density at radius 3 is 1.58 bits per heavy atom. The lowest BCUT2D eigenvalue weighted by Gasteiger charge is -2.13.